The van der Waals surface area contributed by atoms with Crippen molar-refractivity contribution < 1.29 is 38.3 Å². The van der Waals surface area contributed by atoms with E-state index in [2.05, 4.69) is 43.4 Å². The van der Waals surface area contributed by atoms with Gasteiger partial charge in [0.05, 0.1) is 8.80 Å². The summed E-state index contributed by atoms with van der Waals surface area (Å²) in [6, 6.07) is 10.7. The van der Waals surface area contributed by atoms with Crippen LogP contribution in [0.25, 0.3) is 0 Å². The summed E-state index contributed by atoms with van der Waals surface area (Å²) in [6.45, 7) is 12.6. The summed E-state index contributed by atoms with van der Waals surface area (Å²) >= 11 is 0. The monoisotopic (exact) mass is 292 g/mol. The smallest absolute Gasteiger partial charge is 0.335 e. The van der Waals surface area contributed by atoms with E-state index in [-0.39, 0.29) is 47.1 Å². The molecular weight excluding hydrogens is 269 g/mol. The van der Waals surface area contributed by atoms with Gasteiger partial charge in [0, 0.05) is 19.5 Å². The van der Waals surface area contributed by atoms with Crippen molar-refractivity contribution in [3.05, 3.63) is 43.2 Å². The predicted octanol–water partition coefficient (Wildman–Crippen LogP) is 1.11. The summed E-state index contributed by atoms with van der Waals surface area (Å²) in [5.74, 6) is 0. The van der Waals surface area contributed by atoms with Crippen LogP contribution in [0.4, 0.5) is 0 Å². The topological polar surface area (TPSA) is 0 Å². The van der Waals surface area contributed by atoms with E-state index in [1.54, 1.807) is 0 Å². The van der Waals surface area contributed by atoms with Crippen molar-refractivity contribution in [2.24, 2.45) is 0 Å². The van der Waals surface area contributed by atoms with Gasteiger partial charge in [-0.3, -0.25) is 0 Å². The van der Waals surface area contributed by atoms with Gasteiger partial charge in [0.2, 0.25) is 0 Å². The van der Waals surface area contributed by atoms with Crippen molar-refractivity contribution in [3.63, 3.8) is 0 Å². The van der Waals surface area contributed by atoms with Crippen LogP contribution in [0.15, 0.2) is 30.3 Å². The fourth-order valence-corrected chi connectivity index (χ4v) is 1.63. The zero-order valence-corrected chi connectivity index (χ0v) is 16.7. The van der Waals surface area contributed by atoms with Crippen molar-refractivity contribution in [1.29, 1.82) is 0 Å². The third-order valence-electron chi connectivity index (χ3n) is 1.35. The molecule has 0 heterocycles. The van der Waals surface area contributed by atoms with Crippen LogP contribution in [0.3, 0.4) is 0 Å². The Labute approximate surface area is 136 Å². The van der Waals surface area contributed by atoms with Gasteiger partial charge < -0.3 is 12.8 Å². The van der Waals surface area contributed by atoms with E-state index < -0.39 is 0 Å². The maximum absolute atomic E-state index is 2.31. The third-order valence-corrected chi connectivity index (χ3v) is 2.84. The normalized spacial score (nSPS) is 7.47. The van der Waals surface area contributed by atoms with Crippen LogP contribution >= 0.6 is 0 Å². The molecule has 0 fully saturated rings. The maximum atomic E-state index is 2.31. The second kappa shape index (κ2) is 21.9. The average Bonchev–Trinajstić information content (AvgIpc) is 2.21. The van der Waals surface area contributed by atoms with E-state index in [1.807, 2.05) is 40.5 Å². The summed E-state index contributed by atoms with van der Waals surface area (Å²) in [4.78, 5) is 0. The van der Waals surface area contributed by atoms with Gasteiger partial charge in [-0.05, 0) is 0 Å². The molecule has 0 saturated heterocycles. The molecule has 17 heavy (non-hydrogen) atoms. The first-order chi connectivity index (χ1) is 7.13. The second-order valence-corrected chi connectivity index (χ2v) is 6.10. The van der Waals surface area contributed by atoms with Crippen LogP contribution in [0, 0.1) is 12.8 Å². The number of hydrogen-bond acceptors (Lipinski definition) is 0. The molecule has 1 aromatic carbocycles. The molecule has 0 aliphatic carbocycles. The molecule has 0 aromatic heterocycles. The third kappa shape index (κ3) is 22.3. The molecule has 0 aliphatic heterocycles. The fourth-order valence-electron chi connectivity index (χ4n) is 0.771. The van der Waals surface area contributed by atoms with Gasteiger partial charge >= 0.3 is 18.9 Å². The first-order valence-electron chi connectivity index (χ1n) is 5.47. The molecule has 1 aromatic rings. The zero-order valence-electron chi connectivity index (χ0n) is 12.7. The molecule has 0 aliphatic rings. The molecule has 0 atom stereocenters. The van der Waals surface area contributed by atoms with Crippen molar-refractivity contribution in [2.75, 3.05) is 0 Å². The Bertz CT molecular complexity index is 201. The van der Waals surface area contributed by atoms with Gasteiger partial charge in [-0.15, -0.1) is 0 Å². The largest absolute Gasteiger partial charge is 1.00 e. The van der Waals surface area contributed by atoms with E-state index in [0.717, 1.165) is 0 Å². The Morgan fingerprint density at radius 2 is 1.12 bits per heavy atom. The summed E-state index contributed by atoms with van der Waals surface area (Å²) in [5, 5.41) is 1.52. The number of rotatable bonds is 1. The van der Waals surface area contributed by atoms with Gasteiger partial charge in [-0.25, -0.2) is 0 Å². The first kappa shape index (κ1) is 26.3. The molecule has 1 rings (SSSR count). The zero-order chi connectivity index (χ0) is 12.1. The van der Waals surface area contributed by atoms with Crippen LogP contribution in [-0.2, 0) is 19.5 Å². The molecule has 89 valence electrons. The van der Waals surface area contributed by atoms with Gasteiger partial charge in [0.25, 0.3) is 0 Å². The van der Waals surface area contributed by atoms with Gasteiger partial charge in [-0.2, -0.15) is 27.7 Å². The number of hydrogen-bond donors (Lipinski definition) is 0. The Kier molecular flexibility index (Phi) is 33.8. The van der Waals surface area contributed by atoms with E-state index >= 15 is 0 Å². The van der Waals surface area contributed by atoms with Gasteiger partial charge in [-0.1, -0.05) is 48.6 Å². The Morgan fingerprint density at radius 3 is 1.29 bits per heavy atom. The molecule has 0 nitrogen and oxygen atoms in total. The minimum atomic E-state index is -0.212. The molecule has 0 spiro atoms. The van der Waals surface area contributed by atoms with Gasteiger partial charge in [0.1, 0.15) is 0 Å². The maximum Gasteiger partial charge on any atom is 1.00 e. The Balaban J connectivity index is -0.0000000917. The van der Waals surface area contributed by atoms with Crippen LogP contribution < -0.4 is 24.0 Å². The second-order valence-electron chi connectivity index (χ2n) is 3.52. The van der Waals surface area contributed by atoms with E-state index in [1.165, 1.54) is 5.19 Å². The molecule has 0 amide bonds. The predicted molar refractivity (Wildman–Crippen MR) is 74.9 cm³/mol. The molecule has 1 radical (unpaired) electrons. The summed E-state index contributed by atoms with van der Waals surface area (Å²) in [6.07, 6.45) is 4.00. The molecule has 3 heteroatoms. The van der Waals surface area contributed by atoms with E-state index in [9.17, 15) is 0 Å². The fraction of sp³-hybridized carbons (Fsp3) is 0.429. The first-order valence-corrected chi connectivity index (χ1v) is 7.97. The summed E-state index contributed by atoms with van der Waals surface area (Å²) in [7, 11) is -0.212. The Morgan fingerprint density at radius 1 is 0.824 bits per heavy atom. The molecule has 0 bridgehead atoms. The SMILES string of the molecule is C[CH-]C.C[CH-]C.C[Si](C)c1ccccc1.[Li+].[Zn]. The van der Waals surface area contributed by atoms with Crippen molar-refractivity contribution >= 4 is 14.0 Å². The molecular formula is C14H25LiSiZn-. The standard InChI is InChI=1S/C8H11Si.2C3H7.Li.Zn/c1-9(2)8-6-4-3-5-7-8;2*1-3-2;;/h3-7H,1-2H3;2*3H,1-2H3;;/q;2*-1;+1;. The van der Waals surface area contributed by atoms with E-state index in [0.29, 0.717) is 0 Å². The van der Waals surface area contributed by atoms with Gasteiger partial charge in [0.15, 0.2) is 0 Å². The molecule has 0 unspecified atom stereocenters. The minimum Gasteiger partial charge on any atom is -0.335 e. The summed E-state index contributed by atoms with van der Waals surface area (Å²) in [5.41, 5.74) is 0. The van der Waals surface area contributed by atoms with Crippen molar-refractivity contribution in [3.8, 4) is 0 Å². The Hall–Kier alpha value is 0.658. The molecule has 0 saturated carbocycles. The van der Waals surface area contributed by atoms with Crippen LogP contribution in [-0.4, -0.2) is 8.80 Å². The van der Waals surface area contributed by atoms with Crippen molar-refractivity contribution in [2.45, 2.75) is 40.8 Å². The quantitative estimate of drug-likeness (QED) is 0.538. The summed E-state index contributed by atoms with van der Waals surface area (Å²) < 4.78 is 0. The average molecular weight is 294 g/mol. The van der Waals surface area contributed by atoms with Crippen LogP contribution in [0.2, 0.25) is 13.1 Å². The molecule has 0 N–H and O–H groups in total. The number of benzene rings is 1. The van der Waals surface area contributed by atoms with Crippen LogP contribution in [0.1, 0.15) is 27.7 Å². The minimum absolute atomic E-state index is 0. The van der Waals surface area contributed by atoms with Crippen LogP contribution in [0.5, 0.6) is 0 Å². The van der Waals surface area contributed by atoms with Crippen molar-refractivity contribution in [1.82, 2.24) is 0 Å². The van der Waals surface area contributed by atoms with E-state index in [4.69, 9.17) is 0 Å².